The minimum atomic E-state index is 0.0109. The molecule has 0 aliphatic carbocycles. The second-order valence-electron chi connectivity index (χ2n) is 4.79. The Hall–Kier alpha value is -1.31. The standard InChI is InChI=1S/C13H16N4OS2/c18-13(12-9-14-20-15-12)17-5-2-4-16(6-7-17)10-11-3-1-8-19-11/h1,3,8-9H,2,4-7,10H2. The molecule has 0 spiro atoms. The predicted octanol–water partition coefficient (Wildman–Crippen LogP) is 1.95. The molecule has 0 radical (unpaired) electrons. The van der Waals surface area contributed by atoms with Gasteiger partial charge in [-0.15, -0.1) is 11.3 Å². The van der Waals surface area contributed by atoms with Crippen LogP contribution in [0.25, 0.3) is 0 Å². The van der Waals surface area contributed by atoms with Crippen LogP contribution in [0.4, 0.5) is 0 Å². The van der Waals surface area contributed by atoms with Crippen LogP contribution in [-0.4, -0.2) is 50.6 Å². The molecular weight excluding hydrogens is 292 g/mol. The summed E-state index contributed by atoms with van der Waals surface area (Å²) < 4.78 is 7.93. The molecule has 0 aromatic carbocycles. The number of carbonyl (C=O) groups is 1. The average Bonchev–Trinajstić information content (AvgIpc) is 3.10. The molecule has 0 saturated carbocycles. The highest BCUT2D eigenvalue weighted by atomic mass is 32.1. The molecule has 2 aromatic rings. The zero-order chi connectivity index (χ0) is 13.8. The van der Waals surface area contributed by atoms with E-state index >= 15 is 0 Å². The van der Waals surface area contributed by atoms with Crippen molar-refractivity contribution in [1.82, 2.24) is 18.5 Å². The van der Waals surface area contributed by atoms with Crippen LogP contribution in [0.2, 0.25) is 0 Å². The van der Waals surface area contributed by atoms with Crippen molar-refractivity contribution in [1.29, 1.82) is 0 Å². The monoisotopic (exact) mass is 308 g/mol. The first-order valence-corrected chi connectivity index (χ1v) is 8.25. The number of rotatable bonds is 3. The number of aromatic nitrogens is 2. The Morgan fingerprint density at radius 1 is 1.30 bits per heavy atom. The molecule has 0 N–H and O–H groups in total. The lowest BCUT2D eigenvalue weighted by Gasteiger charge is -2.20. The topological polar surface area (TPSA) is 49.3 Å². The molecule has 7 heteroatoms. The van der Waals surface area contributed by atoms with Crippen molar-refractivity contribution in [3.63, 3.8) is 0 Å². The maximum absolute atomic E-state index is 12.3. The van der Waals surface area contributed by atoms with Gasteiger partial charge in [0.1, 0.15) is 0 Å². The van der Waals surface area contributed by atoms with Gasteiger partial charge in [-0.2, -0.15) is 8.75 Å². The van der Waals surface area contributed by atoms with Crippen molar-refractivity contribution in [2.75, 3.05) is 26.2 Å². The summed E-state index contributed by atoms with van der Waals surface area (Å²) in [5.74, 6) is 0.0109. The zero-order valence-electron chi connectivity index (χ0n) is 11.1. The molecule has 1 amide bonds. The molecule has 3 rings (SSSR count). The van der Waals surface area contributed by atoms with E-state index in [0.717, 1.165) is 50.9 Å². The minimum Gasteiger partial charge on any atom is -0.336 e. The van der Waals surface area contributed by atoms with Gasteiger partial charge in [-0.25, -0.2) is 0 Å². The van der Waals surface area contributed by atoms with Crippen molar-refractivity contribution < 1.29 is 4.79 Å². The fourth-order valence-electron chi connectivity index (χ4n) is 2.38. The third-order valence-corrected chi connectivity index (χ3v) is 4.75. The van der Waals surface area contributed by atoms with Crippen LogP contribution in [0.15, 0.2) is 23.7 Å². The highest BCUT2D eigenvalue weighted by molar-refractivity contribution is 7.09. The van der Waals surface area contributed by atoms with Crippen molar-refractivity contribution in [2.45, 2.75) is 13.0 Å². The zero-order valence-corrected chi connectivity index (χ0v) is 12.7. The molecule has 1 aliphatic rings. The first kappa shape index (κ1) is 13.7. The highest BCUT2D eigenvalue weighted by Crippen LogP contribution is 2.14. The second-order valence-corrected chi connectivity index (χ2v) is 6.38. The summed E-state index contributed by atoms with van der Waals surface area (Å²) in [6.45, 7) is 4.51. The number of carbonyl (C=O) groups excluding carboxylic acids is 1. The first-order valence-electron chi connectivity index (χ1n) is 6.64. The van der Waals surface area contributed by atoms with Gasteiger partial charge in [0, 0.05) is 37.6 Å². The van der Waals surface area contributed by atoms with Gasteiger partial charge in [-0.05, 0) is 17.9 Å². The first-order chi connectivity index (χ1) is 9.83. The largest absolute Gasteiger partial charge is 0.336 e. The normalized spacial score (nSPS) is 17.1. The highest BCUT2D eigenvalue weighted by Gasteiger charge is 2.21. The SMILES string of the molecule is O=C(c1cnsn1)N1CCCN(Cc2cccs2)CC1. The van der Waals surface area contributed by atoms with Crippen molar-refractivity contribution in [2.24, 2.45) is 0 Å². The number of thiophene rings is 1. The number of hydrogen-bond acceptors (Lipinski definition) is 6. The second kappa shape index (κ2) is 6.43. The third-order valence-electron chi connectivity index (χ3n) is 3.42. The molecule has 3 heterocycles. The Bertz CT molecular complexity index is 541. The molecule has 0 bridgehead atoms. The lowest BCUT2D eigenvalue weighted by molar-refractivity contribution is 0.0756. The summed E-state index contributed by atoms with van der Waals surface area (Å²) in [4.78, 5) is 17.9. The smallest absolute Gasteiger partial charge is 0.275 e. The number of hydrogen-bond donors (Lipinski definition) is 0. The summed E-state index contributed by atoms with van der Waals surface area (Å²) in [5, 5.41) is 2.11. The molecule has 1 fully saturated rings. The molecule has 20 heavy (non-hydrogen) atoms. The summed E-state index contributed by atoms with van der Waals surface area (Å²) in [7, 11) is 0. The maximum atomic E-state index is 12.3. The minimum absolute atomic E-state index is 0.0109. The van der Waals surface area contributed by atoms with Crippen molar-refractivity contribution >= 4 is 29.0 Å². The van der Waals surface area contributed by atoms with Gasteiger partial charge in [0.2, 0.25) is 0 Å². The van der Waals surface area contributed by atoms with E-state index in [1.165, 1.54) is 4.88 Å². The number of nitrogens with zero attached hydrogens (tertiary/aromatic N) is 4. The summed E-state index contributed by atoms with van der Waals surface area (Å²) in [6, 6.07) is 4.25. The summed E-state index contributed by atoms with van der Waals surface area (Å²) in [6.07, 6.45) is 2.57. The molecule has 0 unspecified atom stereocenters. The van der Waals surface area contributed by atoms with E-state index < -0.39 is 0 Å². The van der Waals surface area contributed by atoms with E-state index in [4.69, 9.17) is 0 Å². The van der Waals surface area contributed by atoms with Crippen LogP contribution in [-0.2, 0) is 6.54 Å². The van der Waals surface area contributed by atoms with Gasteiger partial charge in [-0.3, -0.25) is 9.69 Å². The molecule has 0 atom stereocenters. The Morgan fingerprint density at radius 2 is 2.25 bits per heavy atom. The predicted molar refractivity (Wildman–Crippen MR) is 80.0 cm³/mol. The van der Waals surface area contributed by atoms with Crippen LogP contribution >= 0.6 is 23.1 Å². The number of amides is 1. The molecule has 5 nitrogen and oxygen atoms in total. The molecular formula is C13H16N4OS2. The Balaban J connectivity index is 1.58. The Kier molecular flexibility index (Phi) is 4.39. The van der Waals surface area contributed by atoms with E-state index in [9.17, 15) is 4.79 Å². The van der Waals surface area contributed by atoms with Gasteiger partial charge in [-0.1, -0.05) is 6.07 Å². The third kappa shape index (κ3) is 3.23. The van der Waals surface area contributed by atoms with Gasteiger partial charge in [0.25, 0.3) is 5.91 Å². The van der Waals surface area contributed by atoms with Crippen LogP contribution in [0.1, 0.15) is 21.8 Å². The van der Waals surface area contributed by atoms with Crippen molar-refractivity contribution in [3.8, 4) is 0 Å². The summed E-state index contributed by atoms with van der Waals surface area (Å²) in [5.41, 5.74) is 0.474. The van der Waals surface area contributed by atoms with Gasteiger partial charge in [0.15, 0.2) is 5.69 Å². The maximum Gasteiger partial charge on any atom is 0.275 e. The van der Waals surface area contributed by atoms with Gasteiger partial charge < -0.3 is 4.90 Å². The van der Waals surface area contributed by atoms with E-state index in [2.05, 4.69) is 31.2 Å². The molecule has 2 aromatic heterocycles. The average molecular weight is 308 g/mol. The van der Waals surface area contributed by atoms with Crippen LogP contribution in [0, 0.1) is 0 Å². The molecule has 106 valence electrons. The van der Waals surface area contributed by atoms with E-state index in [1.807, 2.05) is 4.90 Å². The molecule has 1 aliphatic heterocycles. The van der Waals surface area contributed by atoms with E-state index in [-0.39, 0.29) is 5.91 Å². The van der Waals surface area contributed by atoms with E-state index in [1.54, 1.807) is 17.5 Å². The van der Waals surface area contributed by atoms with Crippen LogP contribution in [0.3, 0.4) is 0 Å². The lowest BCUT2D eigenvalue weighted by atomic mass is 10.3. The van der Waals surface area contributed by atoms with Crippen molar-refractivity contribution in [3.05, 3.63) is 34.3 Å². The quantitative estimate of drug-likeness (QED) is 0.869. The Morgan fingerprint density at radius 3 is 3.00 bits per heavy atom. The van der Waals surface area contributed by atoms with Crippen LogP contribution in [0.5, 0.6) is 0 Å². The fraction of sp³-hybridized carbons (Fsp3) is 0.462. The van der Waals surface area contributed by atoms with Crippen LogP contribution < -0.4 is 0 Å². The fourth-order valence-corrected chi connectivity index (χ4v) is 3.53. The molecule has 1 saturated heterocycles. The Labute approximate surface area is 126 Å². The van der Waals surface area contributed by atoms with E-state index in [0.29, 0.717) is 5.69 Å². The lowest BCUT2D eigenvalue weighted by Crippen LogP contribution is -2.35. The van der Waals surface area contributed by atoms with Gasteiger partial charge in [0.05, 0.1) is 17.9 Å². The van der Waals surface area contributed by atoms with Gasteiger partial charge >= 0.3 is 0 Å². The summed E-state index contributed by atoms with van der Waals surface area (Å²) >= 11 is 2.87.